The number of aromatic nitrogens is 4. The Bertz CT molecular complexity index is 465. The maximum absolute atomic E-state index is 5.84. The minimum atomic E-state index is -0.0676. The van der Waals surface area contributed by atoms with E-state index in [1.54, 1.807) is 16.9 Å². The van der Waals surface area contributed by atoms with E-state index in [4.69, 9.17) is 5.73 Å². The molecule has 2 aromatic rings. The zero-order valence-electron chi connectivity index (χ0n) is 8.52. The van der Waals surface area contributed by atoms with E-state index < -0.39 is 0 Å². The summed E-state index contributed by atoms with van der Waals surface area (Å²) >= 11 is 0. The van der Waals surface area contributed by atoms with Gasteiger partial charge in [0.05, 0.1) is 12.4 Å². The molecule has 5 nitrogen and oxygen atoms in total. The number of hydrogen-bond acceptors (Lipinski definition) is 4. The monoisotopic (exact) mass is 191 g/mol. The normalized spacial score (nSPS) is 12.2. The lowest BCUT2D eigenvalue weighted by Gasteiger charge is -2.16. The zero-order chi connectivity index (χ0) is 10.3. The summed E-state index contributed by atoms with van der Waals surface area (Å²) in [6.07, 6.45) is 3.33. The van der Waals surface area contributed by atoms with Crippen LogP contribution in [0.3, 0.4) is 0 Å². The van der Waals surface area contributed by atoms with Crippen molar-refractivity contribution >= 4 is 11.5 Å². The van der Waals surface area contributed by atoms with Crippen molar-refractivity contribution in [2.24, 2.45) is 0 Å². The molecule has 14 heavy (non-hydrogen) atoms. The topological polar surface area (TPSA) is 69.1 Å². The van der Waals surface area contributed by atoms with Gasteiger partial charge in [0.15, 0.2) is 11.5 Å². The quantitative estimate of drug-likeness (QED) is 0.674. The summed E-state index contributed by atoms with van der Waals surface area (Å²) in [5, 5.41) is 12.0. The maximum atomic E-state index is 5.84. The lowest BCUT2D eigenvalue weighted by molar-refractivity contribution is 0.595. The van der Waals surface area contributed by atoms with E-state index in [1.165, 1.54) is 0 Å². The van der Waals surface area contributed by atoms with E-state index in [2.05, 4.69) is 36.1 Å². The molecule has 0 saturated carbocycles. The first kappa shape index (κ1) is 8.93. The third-order valence-corrected chi connectivity index (χ3v) is 2.09. The van der Waals surface area contributed by atoms with E-state index in [0.29, 0.717) is 5.82 Å². The maximum Gasteiger partial charge on any atom is 0.183 e. The molecular formula is C9H13N5. The first-order valence-electron chi connectivity index (χ1n) is 4.46. The van der Waals surface area contributed by atoms with Gasteiger partial charge >= 0.3 is 0 Å². The van der Waals surface area contributed by atoms with Crippen molar-refractivity contribution < 1.29 is 0 Å². The predicted molar refractivity (Wildman–Crippen MR) is 53.9 cm³/mol. The van der Waals surface area contributed by atoms with Crippen LogP contribution in [0.1, 0.15) is 26.3 Å². The molecule has 0 radical (unpaired) electrons. The molecule has 2 heterocycles. The summed E-state index contributed by atoms with van der Waals surface area (Å²) in [5.74, 6) is 0.526. The molecule has 0 bridgehead atoms. The number of nitrogens with zero attached hydrogens (tertiary/aromatic N) is 4. The van der Waals surface area contributed by atoms with Gasteiger partial charge < -0.3 is 5.73 Å². The highest BCUT2D eigenvalue weighted by Gasteiger charge is 2.24. The summed E-state index contributed by atoms with van der Waals surface area (Å²) in [4.78, 5) is 0. The molecule has 0 aromatic carbocycles. The minimum Gasteiger partial charge on any atom is -0.382 e. The average Bonchev–Trinajstić information content (AvgIpc) is 2.38. The van der Waals surface area contributed by atoms with E-state index in [1.807, 2.05) is 0 Å². The number of anilines is 1. The van der Waals surface area contributed by atoms with Gasteiger partial charge in [-0.2, -0.15) is 5.10 Å². The van der Waals surface area contributed by atoms with Crippen molar-refractivity contribution in [3.05, 3.63) is 18.0 Å². The van der Waals surface area contributed by atoms with Crippen LogP contribution in [0.5, 0.6) is 0 Å². The molecule has 74 valence electrons. The Kier molecular flexibility index (Phi) is 1.70. The fourth-order valence-electron chi connectivity index (χ4n) is 1.54. The number of nitrogens with two attached hydrogens (primary N) is 1. The summed E-state index contributed by atoms with van der Waals surface area (Å²) < 4.78 is 1.66. The number of nitrogen functional groups attached to an aromatic ring is 1. The Labute approximate surface area is 81.9 Å². The van der Waals surface area contributed by atoms with Crippen LogP contribution < -0.4 is 5.73 Å². The lowest BCUT2D eigenvalue weighted by Crippen LogP contribution is -2.13. The number of hydrogen-bond donors (Lipinski definition) is 1. The Morgan fingerprint density at radius 2 is 2.07 bits per heavy atom. The van der Waals surface area contributed by atoms with Gasteiger partial charge in [0, 0.05) is 5.56 Å². The van der Waals surface area contributed by atoms with Crippen LogP contribution in [0.4, 0.5) is 5.82 Å². The molecule has 0 saturated heterocycles. The van der Waals surface area contributed by atoms with Crippen molar-refractivity contribution in [2.45, 2.75) is 26.2 Å². The summed E-state index contributed by atoms with van der Waals surface area (Å²) in [7, 11) is 0. The molecule has 0 aliphatic rings. The Morgan fingerprint density at radius 3 is 2.71 bits per heavy atom. The number of fused-ring (bicyclic) bond motifs is 1. The van der Waals surface area contributed by atoms with Gasteiger partial charge in [-0.15, -0.1) is 10.2 Å². The molecule has 2 N–H and O–H groups in total. The molecule has 0 aliphatic carbocycles. The van der Waals surface area contributed by atoms with Crippen molar-refractivity contribution in [1.82, 2.24) is 19.8 Å². The van der Waals surface area contributed by atoms with E-state index in [9.17, 15) is 0 Å². The van der Waals surface area contributed by atoms with Crippen molar-refractivity contribution in [1.29, 1.82) is 0 Å². The zero-order valence-corrected chi connectivity index (χ0v) is 8.52. The fourth-order valence-corrected chi connectivity index (χ4v) is 1.54. The first-order valence-corrected chi connectivity index (χ1v) is 4.46. The smallest absolute Gasteiger partial charge is 0.183 e. The second-order valence-corrected chi connectivity index (χ2v) is 4.29. The summed E-state index contributed by atoms with van der Waals surface area (Å²) in [6, 6.07) is 0. The summed E-state index contributed by atoms with van der Waals surface area (Å²) in [5.41, 5.74) is 7.46. The predicted octanol–water partition coefficient (Wildman–Crippen LogP) is 1.00. The van der Waals surface area contributed by atoms with Gasteiger partial charge in [-0.05, 0) is 5.41 Å². The van der Waals surface area contributed by atoms with Gasteiger partial charge in [0.25, 0.3) is 0 Å². The van der Waals surface area contributed by atoms with Crippen LogP contribution in [0.2, 0.25) is 0 Å². The molecule has 0 spiro atoms. The Balaban J connectivity index is 2.81. The van der Waals surface area contributed by atoms with Crippen LogP contribution in [-0.2, 0) is 5.41 Å². The summed E-state index contributed by atoms with van der Waals surface area (Å²) in [6.45, 7) is 6.24. The van der Waals surface area contributed by atoms with E-state index in [0.717, 1.165) is 11.2 Å². The molecular weight excluding hydrogens is 178 g/mol. The highest BCUT2D eigenvalue weighted by Crippen LogP contribution is 2.29. The largest absolute Gasteiger partial charge is 0.382 e. The van der Waals surface area contributed by atoms with E-state index >= 15 is 0 Å². The first-order chi connectivity index (χ1) is 6.50. The number of rotatable bonds is 0. The van der Waals surface area contributed by atoms with Gasteiger partial charge in [-0.3, -0.25) is 0 Å². The molecule has 0 fully saturated rings. The van der Waals surface area contributed by atoms with Gasteiger partial charge in [0.2, 0.25) is 0 Å². The van der Waals surface area contributed by atoms with Crippen LogP contribution in [-0.4, -0.2) is 19.8 Å². The fraction of sp³-hybridized carbons (Fsp3) is 0.444. The molecule has 5 heteroatoms. The molecule has 0 unspecified atom stereocenters. The highest BCUT2D eigenvalue weighted by atomic mass is 15.3. The van der Waals surface area contributed by atoms with E-state index in [-0.39, 0.29) is 5.41 Å². The molecule has 0 atom stereocenters. The lowest BCUT2D eigenvalue weighted by atomic mass is 9.88. The van der Waals surface area contributed by atoms with Gasteiger partial charge in [-0.1, -0.05) is 20.8 Å². The SMILES string of the molecule is CC(C)(C)c1c(N)nn2ccnnc12. The highest BCUT2D eigenvalue weighted by molar-refractivity contribution is 5.61. The minimum absolute atomic E-state index is 0.0676. The third-order valence-electron chi connectivity index (χ3n) is 2.09. The second-order valence-electron chi connectivity index (χ2n) is 4.29. The molecule has 2 rings (SSSR count). The third kappa shape index (κ3) is 1.21. The van der Waals surface area contributed by atoms with Gasteiger partial charge in [0.1, 0.15) is 0 Å². The van der Waals surface area contributed by atoms with Gasteiger partial charge in [-0.25, -0.2) is 4.52 Å². The van der Waals surface area contributed by atoms with Crippen molar-refractivity contribution in [3.63, 3.8) is 0 Å². The molecule has 0 amide bonds. The van der Waals surface area contributed by atoms with Crippen LogP contribution in [0, 0.1) is 0 Å². The standard InChI is InChI=1S/C9H13N5/c1-9(2,3)6-7(10)13-14-5-4-11-12-8(6)14/h4-5H,1-3H3,(H2,10,13). The van der Waals surface area contributed by atoms with Crippen LogP contribution in [0.15, 0.2) is 12.4 Å². The molecule has 2 aromatic heterocycles. The van der Waals surface area contributed by atoms with Crippen molar-refractivity contribution in [2.75, 3.05) is 5.73 Å². The Hall–Kier alpha value is -1.65. The average molecular weight is 191 g/mol. The van der Waals surface area contributed by atoms with Crippen LogP contribution in [0.25, 0.3) is 5.65 Å². The second kappa shape index (κ2) is 2.67. The van der Waals surface area contributed by atoms with Crippen molar-refractivity contribution in [3.8, 4) is 0 Å². The van der Waals surface area contributed by atoms with Crippen LogP contribution >= 0.6 is 0 Å². The Morgan fingerprint density at radius 1 is 1.36 bits per heavy atom. The molecule has 0 aliphatic heterocycles.